The molecule has 0 bridgehead atoms. The second-order valence-corrected chi connectivity index (χ2v) is 6.95. The van der Waals surface area contributed by atoms with Gasteiger partial charge in [-0.15, -0.1) is 0 Å². The van der Waals surface area contributed by atoms with Gasteiger partial charge in [0.15, 0.2) is 0 Å². The molecule has 0 aromatic heterocycles. The Balaban J connectivity index is 2.52. The van der Waals surface area contributed by atoms with Crippen molar-refractivity contribution in [1.29, 1.82) is 0 Å². The molecule has 0 spiro atoms. The summed E-state index contributed by atoms with van der Waals surface area (Å²) in [6.07, 6.45) is 0. The van der Waals surface area contributed by atoms with Crippen molar-refractivity contribution in [3.63, 3.8) is 0 Å². The van der Waals surface area contributed by atoms with Crippen molar-refractivity contribution in [2.45, 2.75) is 6.92 Å². The quantitative estimate of drug-likeness (QED) is 0.496. The van der Waals surface area contributed by atoms with Crippen LogP contribution in [0.1, 0.15) is 5.56 Å². The van der Waals surface area contributed by atoms with Gasteiger partial charge in [-0.2, -0.15) is 0 Å². The normalized spacial score (nSPS) is 20.6. The summed E-state index contributed by atoms with van der Waals surface area (Å²) >= 11 is 0. The van der Waals surface area contributed by atoms with Gasteiger partial charge in [-0.25, -0.2) is 0 Å². The predicted octanol–water partition coefficient (Wildman–Crippen LogP) is 4.27. The third kappa shape index (κ3) is 1.24. The van der Waals surface area contributed by atoms with E-state index in [-0.39, 0.29) is 16.7 Å². The molecule has 1 aliphatic rings. The standard InChI is InChI=1S/C13H9F4P/c1-8-11(14)7-6-10-9-4-2-3-5-12(9)18(15,16,17)13(8)10/h2-7H,1H3. The fourth-order valence-corrected chi connectivity index (χ4v) is 4.91. The van der Waals surface area contributed by atoms with E-state index in [9.17, 15) is 17.0 Å². The SMILES string of the molecule is Cc1c(F)ccc2c1P(F)(F)(F)c1ccccc1-2. The Morgan fingerprint density at radius 1 is 0.889 bits per heavy atom. The molecule has 0 saturated carbocycles. The van der Waals surface area contributed by atoms with E-state index >= 15 is 0 Å². The van der Waals surface area contributed by atoms with E-state index < -0.39 is 24.0 Å². The third-order valence-corrected chi connectivity index (χ3v) is 5.80. The van der Waals surface area contributed by atoms with Crippen molar-refractivity contribution in [3.8, 4) is 11.1 Å². The van der Waals surface area contributed by atoms with Crippen molar-refractivity contribution in [3.05, 3.63) is 47.8 Å². The minimum absolute atomic E-state index is 0.106. The van der Waals surface area contributed by atoms with Crippen LogP contribution in [0.3, 0.4) is 0 Å². The summed E-state index contributed by atoms with van der Waals surface area (Å²) in [5.74, 6) is -0.802. The van der Waals surface area contributed by atoms with Crippen molar-refractivity contribution in [2.75, 3.05) is 0 Å². The molecule has 0 radical (unpaired) electrons. The third-order valence-electron chi connectivity index (χ3n) is 3.32. The fraction of sp³-hybridized carbons (Fsp3) is 0.0769. The van der Waals surface area contributed by atoms with Gasteiger partial charge in [0.05, 0.1) is 0 Å². The Morgan fingerprint density at radius 3 is 2.28 bits per heavy atom. The predicted molar refractivity (Wildman–Crippen MR) is 66.1 cm³/mol. The molecule has 2 aromatic rings. The first kappa shape index (κ1) is 11.7. The van der Waals surface area contributed by atoms with Crippen LogP contribution in [0.4, 0.5) is 17.0 Å². The average Bonchev–Trinajstić information content (AvgIpc) is 2.50. The Kier molecular flexibility index (Phi) is 2.03. The summed E-state index contributed by atoms with van der Waals surface area (Å²) < 4.78 is 56.5. The van der Waals surface area contributed by atoms with Gasteiger partial charge in [0.1, 0.15) is 0 Å². The maximum absolute atomic E-state index is 14.4. The molecule has 1 heterocycles. The molecule has 94 valence electrons. The summed E-state index contributed by atoms with van der Waals surface area (Å²) in [4.78, 5) is 0. The molecular formula is C13H9F4P. The molecule has 0 amide bonds. The number of hydrogen-bond acceptors (Lipinski definition) is 0. The zero-order valence-corrected chi connectivity index (χ0v) is 10.3. The van der Waals surface area contributed by atoms with Crippen molar-refractivity contribution in [1.82, 2.24) is 0 Å². The van der Waals surface area contributed by atoms with Crippen molar-refractivity contribution in [2.24, 2.45) is 0 Å². The van der Waals surface area contributed by atoms with Crippen LogP contribution in [0.25, 0.3) is 11.1 Å². The van der Waals surface area contributed by atoms with Crippen molar-refractivity contribution >= 4 is 18.1 Å². The minimum atomic E-state index is -6.68. The summed E-state index contributed by atoms with van der Waals surface area (Å²) in [6.45, 7) is 1.19. The molecule has 18 heavy (non-hydrogen) atoms. The first-order chi connectivity index (χ1) is 8.31. The van der Waals surface area contributed by atoms with Crippen LogP contribution in [-0.4, -0.2) is 0 Å². The Hall–Kier alpha value is -1.41. The zero-order chi connectivity index (χ0) is 13.2. The first-order valence-corrected chi connectivity index (χ1v) is 7.29. The molecule has 1 aliphatic heterocycles. The van der Waals surface area contributed by atoms with E-state index in [1.54, 1.807) is 6.07 Å². The number of rotatable bonds is 0. The van der Waals surface area contributed by atoms with Gasteiger partial charge in [0, 0.05) is 0 Å². The van der Waals surface area contributed by atoms with Gasteiger partial charge in [-0.3, -0.25) is 0 Å². The number of hydrogen-bond donors (Lipinski definition) is 0. The van der Waals surface area contributed by atoms with Gasteiger partial charge in [-0.1, -0.05) is 0 Å². The van der Waals surface area contributed by atoms with Crippen LogP contribution in [0.5, 0.6) is 0 Å². The maximum atomic E-state index is 14.4. The number of benzene rings is 2. The van der Waals surface area contributed by atoms with E-state index in [4.69, 9.17) is 0 Å². The molecule has 0 saturated heterocycles. The molecule has 3 rings (SSSR count). The van der Waals surface area contributed by atoms with Crippen LogP contribution in [-0.2, 0) is 0 Å². The van der Waals surface area contributed by atoms with Crippen LogP contribution in [0.2, 0.25) is 0 Å². The number of halogens is 4. The molecular weight excluding hydrogens is 263 g/mol. The second kappa shape index (κ2) is 3.12. The molecule has 0 atom stereocenters. The summed E-state index contributed by atoms with van der Waals surface area (Å²) in [5, 5.41) is -1.34. The molecule has 0 nitrogen and oxygen atoms in total. The topological polar surface area (TPSA) is 0 Å². The van der Waals surface area contributed by atoms with Crippen LogP contribution in [0.15, 0.2) is 36.4 Å². The molecule has 0 unspecified atom stereocenters. The van der Waals surface area contributed by atoms with E-state index in [1.165, 1.54) is 25.1 Å². The van der Waals surface area contributed by atoms with Gasteiger partial charge >= 0.3 is 101 Å². The Morgan fingerprint density at radius 2 is 1.56 bits per heavy atom. The molecule has 0 N–H and O–H groups in total. The summed E-state index contributed by atoms with van der Waals surface area (Å²) in [7, 11) is -6.68. The first-order valence-electron chi connectivity index (χ1n) is 5.38. The van der Waals surface area contributed by atoms with Gasteiger partial charge in [-0.05, 0) is 0 Å². The average molecular weight is 272 g/mol. The molecule has 0 fully saturated rings. The Bertz CT molecular complexity index is 670. The van der Waals surface area contributed by atoms with Gasteiger partial charge < -0.3 is 0 Å². The summed E-state index contributed by atoms with van der Waals surface area (Å²) in [6, 6.07) is 7.80. The van der Waals surface area contributed by atoms with E-state index in [0.29, 0.717) is 0 Å². The second-order valence-electron chi connectivity index (χ2n) is 4.40. The van der Waals surface area contributed by atoms with E-state index in [1.807, 2.05) is 0 Å². The van der Waals surface area contributed by atoms with Crippen LogP contribution >= 0.6 is 7.54 Å². The van der Waals surface area contributed by atoms with E-state index in [0.717, 1.165) is 12.1 Å². The van der Waals surface area contributed by atoms with Crippen LogP contribution < -0.4 is 10.6 Å². The molecule has 2 aromatic carbocycles. The van der Waals surface area contributed by atoms with Crippen molar-refractivity contribution < 1.29 is 17.0 Å². The zero-order valence-electron chi connectivity index (χ0n) is 9.42. The van der Waals surface area contributed by atoms with Gasteiger partial charge in [0.2, 0.25) is 0 Å². The van der Waals surface area contributed by atoms with E-state index in [2.05, 4.69) is 0 Å². The fourth-order valence-electron chi connectivity index (χ4n) is 2.50. The molecule has 0 aliphatic carbocycles. The van der Waals surface area contributed by atoms with Gasteiger partial charge in [0.25, 0.3) is 0 Å². The monoisotopic (exact) mass is 272 g/mol. The molecule has 5 heteroatoms. The number of fused-ring (bicyclic) bond motifs is 3. The summed E-state index contributed by atoms with van der Waals surface area (Å²) in [5.41, 5.74) is -0.0238. The van der Waals surface area contributed by atoms with Crippen LogP contribution in [0, 0.1) is 12.7 Å². The Labute approximate surface area is 102 Å².